The second-order valence-electron chi connectivity index (χ2n) is 6.03. The first-order valence-electron chi connectivity index (χ1n) is 7.69. The molecule has 7 heteroatoms. The highest BCUT2D eigenvalue weighted by atomic mass is 32.2. The van der Waals surface area contributed by atoms with Crippen molar-refractivity contribution in [1.82, 2.24) is 0 Å². The van der Waals surface area contributed by atoms with E-state index in [2.05, 4.69) is 5.32 Å². The molecule has 0 aromatic heterocycles. The highest BCUT2D eigenvalue weighted by Crippen LogP contribution is 2.39. The van der Waals surface area contributed by atoms with E-state index in [1.54, 1.807) is 19.0 Å². The van der Waals surface area contributed by atoms with Gasteiger partial charge in [0.15, 0.2) is 0 Å². The van der Waals surface area contributed by atoms with Gasteiger partial charge in [-0.15, -0.1) is 11.8 Å². The number of hydrogen-bond acceptors (Lipinski definition) is 3. The molecule has 0 saturated heterocycles. The van der Waals surface area contributed by atoms with Gasteiger partial charge in [0.25, 0.3) is 0 Å². The Morgan fingerprint density at radius 2 is 1.92 bits per heavy atom. The summed E-state index contributed by atoms with van der Waals surface area (Å²) in [6.45, 7) is 0. The third-order valence-corrected chi connectivity index (χ3v) is 5.32. The van der Waals surface area contributed by atoms with Gasteiger partial charge in [-0.2, -0.15) is 13.2 Å². The number of carbonyl (C=O) groups is 1. The summed E-state index contributed by atoms with van der Waals surface area (Å²) in [5.41, 5.74) is 1.00. The predicted octanol–water partition coefficient (Wildman–Crippen LogP) is 4.43. The quantitative estimate of drug-likeness (QED) is 0.872. The molecule has 1 heterocycles. The van der Waals surface area contributed by atoms with Crippen molar-refractivity contribution in [3.63, 3.8) is 0 Å². The summed E-state index contributed by atoms with van der Waals surface area (Å²) in [5, 5.41) is 2.33. The van der Waals surface area contributed by atoms with Crippen LogP contribution in [0.15, 0.2) is 47.4 Å². The number of anilines is 2. The van der Waals surface area contributed by atoms with Crippen molar-refractivity contribution in [2.45, 2.75) is 22.7 Å². The van der Waals surface area contributed by atoms with Gasteiger partial charge >= 0.3 is 6.18 Å². The van der Waals surface area contributed by atoms with Gasteiger partial charge in [0.05, 0.1) is 22.2 Å². The molecule has 2 aromatic rings. The number of fused-ring (bicyclic) bond motifs is 1. The molecule has 0 saturated carbocycles. The van der Waals surface area contributed by atoms with Crippen LogP contribution in [-0.2, 0) is 17.4 Å². The summed E-state index contributed by atoms with van der Waals surface area (Å²) in [7, 11) is 3.44. The molecule has 0 aliphatic carbocycles. The molecule has 0 unspecified atom stereocenters. The van der Waals surface area contributed by atoms with E-state index in [0.29, 0.717) is 12.1 Å². The molecular formula is C18H17F3N2OS. The Kier molecular flexibility index (Phi) is 4.69. The lowest BCUT2D eigenvalue weighted by Crippen LogP contribution is -2.26. The van der Waals surface area contributed by atoms with E-state index < -0.39 is 11.7 Å². The lowest BCUT2D eigenvalue weighted by Gasteiger charge is -2.20. The van der Waals surface area contributed by atoms with Gasteiger partial charge < -0.3 is 10.2 Å². The Morgan fingerprint density at radius 1 is 1.20 bits per heavy atom. The third-order valence-electron chi connectivity index (χ3n) is 4.00. The number of amides is 1. The van der Waals surface area contributed by atoms with Crippen molar-refractivity contribution in [2.75, 3.05) is 24.3 Å². The molecule has 0 fully saturated rings. The second kappa shape index (κ2) is 6.63. The fourth-order valence-corrected chi connectivity index (χ4v) is 3.94. The van der Waals surface area contributed by atoms with Crippen LogP contribution < -0.4 is 10.2 Å². The van der Waals surface area contributed by atoms with Crippen LogP contribution in [0.3, 0.4) is 0 Å². The maximum absolute atomic E-state index is 13.0. The minimum absolute atomic E-state index is 0.168. The second-order valence-corrected chi connectivity index (χ2v) is 7.28. The molecule has 2 aromatic carbocycles. The van der Waals surface area contributed by atoms with E-state index in [0.717, 1.165) is 22.6 Å². The molecule has 0 bridgehead atoms. The third kappa shape index (κ3) is 3.76. The fourth-order valence-electron chi connectivity index (χ4n) is 2.74. The van der Waals surface area contributed by atoms with E-state index >= 15 is 0 Å². The lowest BCUT2D eigenvalue weighted by molar-refractivity contribution is -0.137. The molecule has 1 amide bonds. The first-order valence-corrected chi connectivity index (χ1v) is 8.57. The minimum atomic E-state index is -4.46. The Balaban J connectivity index is 1.83. The van der Waals surface area contributed by atoms with Crippen LogP contribution in [0, 0.1) is 0 Å². The fraction of sp³-hybridized carbons (Fsp3) is 0.278. The van der Waals surface area contributed by atoms with Crippen LogP contribution in [0.4, 0.5) is 24.5 Å². The number of carbonyl (C=O) groups excluding carboxylic acids is 1. The van der Waals surface area contributed by atoms with Gasteiger partial charge in [0.1, 0.15) is 0 Å². The molecule has 1 atom stereocenters. The lowest BCUT2D eigenvalue weighted by atomic mass is 10.1. The maximum atomic E-state index is 13.0. The smallest absolute Gasteiger partial charge is 0.376 e. The summed E-state index contributed by atoms with van der Waals surface area (Å²) in [5.74, 6) is -0.288. The molecule has 0 spiro atoms. The number of nitrogens with zero attached hydrogens (tertiary/aromatic N) is 1. The van der Waals surface area contributed by atoms with Crippen LogP contribution >= 0.6 is 11.8 Å². The zero-order valence-electron chi connectivity index (χ0n) is 13.7. The molecule has 1 aliphatic rings. The average molecular weight is 366 g/mol. The number of nitrogens with one attached hydrogen (secondary N) is 1. The van der Waals surface area contributed by atoms with Crippen LogP contribution in [0.25, 0.3) is 0 Å². The molecule has 3 rings (SSSR count). The van der Waals surface area contributed by atoms with Gasteiger partial charge in [-0.1, -0.05) is 18.2 Å². The van der Waals surface area contributed by atoms with Gasteiger partial charge in [-0.3, -0.25) is 4.79 Å². The molecular weight excluding hydrogens is 349 g/mol. The van der Waals surface area contributed by atoms with Crippen molar-refractivity contribution in [3.8, 4) is 0 Å². The number of thioether (sulfide) groups is 1. The molecule has 1 N–H and O–H groups in total. The standard InChI is InChI=1S/C18H17F3N2OS/c1-23(2)14-8-7-12(18(19,20)21)10-13(14)22-17(24)16-9-11-5-3-4-6-15(11)25-16/h3-8,10,16H,9H2,1-2H3,(H,22,24)/t16-/m1/s1. The van der Waals surface area contributed by atoms with Gasteiger partial charge in [-0.05, 0) is 36.2 Å². The van der Waals surface area contributed by atoms with Crippen molar-refractivity contribution < 1.29 is 18.0 Å². The summed E-state index contributed by atoms with van der Waals surface area (Å²) in [4.78, 5) is 15.3. The van der Waals surface area contributed by atoms with Crippen molar-refractivity contribution in [2.24, 2.45) is 0 Å². The summed E-state index contributed by atoms with van der Waals surface area (Å²) in [6.07, 6.45) is -3.88. The van der Waals surface area contributed by atoms with E-state index in [9.17, 15) is 18.0 Å². The predicted molar refractivity (Wildman–Crippen MR) is 94.2 cm³/mol. The van der Waals surface area contributed by atoms with Crippen molar-refractivity contribution in [1.29, 1.82) is 0 Å². The topological polar surface area (TPSA) is 32.3 Å². The van der Waals surface area contributed by atoms with E-state index in [1.165, 1.54) is 17.8 Å². The normalized spacial score (nSPS) is 16.4. The largest absolute Gasteiger partial charge is 0.416 e. The highest BCUT2D eigenvalue weighted by molar-refractivity contribution is 8.01. The highest BCUT2D eigenvalue weighted by Gasteiger charge is 2.32. The first kappa shape index (κ1) is 17.7. The molecule has 1 aliphatic heterocycles. The molecule has 25 heavy (non-hydrogen) atoms. The summed E-state index contributed by atoms with van der Waals surface area (Å²) in [6, 6.07) is 11.1. The van der Waals surface area contributed by atoms with Gasteiger partial charge in [0, 0.05) is 19.0 Å². The van der Waals surface area contributed by atoms with E-state index in [4.69, 9.17) is 0 Å². The first-order chi connectivity index (χ1) is 11.8. The summed E-state index contributed by atoms with van der Waals surface area (Å²) < 4.78 is 39.0. The van der Waals surface area contributed by atoms with Crippen LogP contribution in [-0.4, -0.2) is 25.3 Å². The number of benzene rings is 2. The van der Waals surface area contributed by atoms with Crippen LogP contribution in [0.1, 0.15) is 11.1 Å². The van der Waals surface area contributed by atoms with Crippen molar-refractivity contribution >= 4 is 29.0 Å². The monoisotopic (exact) mass is 366 g/mol. The number of alkyl halides is 3. The zero-order valence-corrected chi connectivity index (χ0v) is 14.5. The number of halogens is 3. The van der Waals surface area contributed by atoms with Gasteiger partial charge in [0.2, 0.25) is 5.91 Å². The van der Waals surface area contributed by atoms with Gasteiger partial charge in [-0.25, -0.2) is 0 Å². The van der Waals surface area contributed by atoms with E-state index in [-0.39, 0.29) is 16.8 Å². The molecule has 132 valence electrons. The number of rotatable bonds is 3. The summed E-state index contributed by atoms with van der Waals surface area (Å²) >= 11 is 1.44. The molecule has 3 nitrogen and oxygen atoms in total. The zero-order chi connectivity index (χ0) is 18.2. The Labute approximate surface area is 148 Å². The van der Waals surface area contributed by atoms with Crippen LogP contribution in [0.5, 0.6) is 0 Å². The number of hydrogen-bond donors (Lipinski definition) is 1. The van der Waals surface area contributed by atoms with Crippen molar-refractivity contribution in [3.05, 3.63) is 53.6 Å². The van der Waals surface area contributed by atoms with Crippen LogP contribution in [0.2, 0.25) is 0 Å². The average Bonchev–Trinajstić information content (AvgIpc) is 2.98. The minimum Gasteiger partial charge on any atom is -0.376 e. The Hall–Kier alpha value is -2.15. The molecule has 0 radical (unpaired) electrons. The maximum Gasteiger partial charge on any atom is 0.416 e. The Morgan fingerprint density at radius 3 is 2.56 bits per heavy atom. The Bertz CT molecular complexity index is 780. The van der Waals surface area contributed by atoms with E-state index in [1.807, 2.05) is 24.3 Å². The SMILES string of the molecule is CN(C)c1ccc(C(F)(F)F)cc1NC(=O)[C@H]1Cc2ccccc2S1.